The van der Waals surface area contributed by atoms with Crippen LogP contribution >= 0.6 is 0 Å². The first-order valence-corrected chi connectivity index (χ1v) is 11.7. The molecule has 3 aliphatic rings. The molecule has 9 heteroatoms. The topological polar surface area (TPSA) is 66.4 Å². The van der Waals surface area contributed by atoms with Gasteiger partial charge >= 0.3 is 0 Å². The van der Waals surface area contributed by atoms with Gasteiger partial charge in [-0.15, -0.1) is 0 Å². The molecular formula is C25H29F3N4O2. The summed E-state index contributed by atoms with van der Waals surface area (Å²) in [4.78, 5) is 28.4. The number of piperidine rings is 1. The van der Waals surface area contributed by atoms with Gasteiger partial charge in [-0.25, -0.2) is 13.2 Å². The summed E-state index contributed by atoms with van der Waals surface area (Å²) in [5.74, 6) is -0.179. The van der Waals surface area contributed by atoms with Crippen LogP contribution in [0.25, 0.3) is 0 Å². The van der Waals surface area contributed by atoms with E-state index in [4.69, 9.17) is 0 Å². The first-order valence-electron chi connectivity index (χ1n) is 11.7. The van der Waals surface area contributed by atoms with Gasteiger partial charge in [0.15, 0.2) is 0 Å². The van der Waals surface area contributed by atoms with E-state index in [1.54, 1.807) is 17.7 Å². The average Bonchev–Trinajstić information content (AvgIpc) is 3.60. The molecule has 2 N–H and O–H groups in total. The molecule has 3 fully saturated rings. The molecule has 0 spiro atoms. The zero-order valence-corrected chi connectivity index (χ0v) is 19.4. The summed E-state index contributed by atoms with van der Waals surface area (Å²) < 4.78 is 42.5. The van der Waals surface area contributed by atoms with Crippen molar-refractivity contribution in [1.29, 1.82) is 0 Å². The number of carbonyl (C=O) groups excluding carboxylic acids is 1. The predicted molar refractivity (Wildman–Crippen MR) is 123 cm³/mol. The molecule has 2 aromatic rings. The van der Waals surface area contributed by atoms with Crippen LogP contribution in [0.5, 0.6) is 0 Å². The van der Waals surface area contributed by atoms with E-state index < -0.39 is 29.8 Å². The molecular weight excluding hydrogens is 445 g/mol. The van der Waals surface area contributed by atoms with Gasteiger partial charge in [0, 0.05) is 43.0 Å². The van der Waals surface area contributed by atoms with Crippen molar-refractivity contribution in [3.8, 4) is 0 Å². The van der Waals surface area contributed by atoms with Gasteiger partial charge in [0.1, 0.15) is 5.82 Å². The standard InChI is InChI=1S/C25H29F3N4O2/c1-12-7-20(12)32-11-18(19(8-21(32)33)30-23-16-9-31(3)10-17(16)23)25(34)29-13(2)14-5-4-6-15(22(14)26)24(27)28/h4-6,8,11-13,16-17,20,23-24,30H,7,9-10H2,1-3H3,(H,29,34)/t12-,13?,16-,17+,20+,23?/m1/s1. The van der Waals surface area contributed by atoms with Gasteiger partial charge in [0.2, 0.25) is 0 Å². The molecule has 2 heterocycles. The third-order valence-corrected chi connectivity index (χ3v) is 7.56. The summed E-state index contributed by atoms with van der Waals surface area (Å²) in [6.45, 7) is 5.54. The number of anilines is 1. The van der Waals surface area contributed by atoms with E-state index in [-0.39, 0.29) is 23.2 Å². The highest BCUT2D eigenvalue weighted by Crippen LogP contribution is 2.47. The number of alkyl halides is 2. The highest BCUT2D eigenvalue weighted by Gasteiger charge is 2.55. The van der Waals surface area contributed by atoms with Crippen LogP contribution in [0.2, 0.25) is 0 Å². The van der Waals surface area contributed by atoms with E-state index in [9.17, 15) is 22.8 Å². The van der Waals surface area contributed by atoms with E-state index in [0.29, 0.717) is 29.0 Å². The summed E-state index contributed by atoms with van der Waals surface area (Å²) in [7, 11) is 2.07. The lowest BCUT2D eigenvalue weighted by molar-refractivity contribution is 0.0939. The minimum Gasteiger partial charge on any atom is -0.381 e. The number of aromatic nitrogens is 1. The molecule has 1 saturated heterocycles. The van der Waals surface area contributed by atoms with Gasteiger partial charge in [-0.2, -0.15) is 0 Å². The van der Waals surface area contributed by atoms with Crippen LogP contribution in [0, 0.1) is 23.6 Å². The number of hydrogen-bond donors (Lipinski definition) is 2. The summed E-state index contributed by atoms with van der Waals surface area (Å²) in [5, 5.41) is 6.14. The zero-order valence-electron chi connectivity index (χ0n) is 19.4. The molecule has 34 heavy (non-hydrogen) atoms. The fourth-order valence-corrected chi connectivity index (χ4v) is 5.35. The maximum Gasteiger partial charge on any atom is 0.266 e. The number of amides is 1. The largest absolute Gasteiger partial charge is 0.381 e. The second-order valence-electron chi connectivity index (χ2n) is 10.1. The molecule has 6 atom stereocenters. The number of pyridine rings is 1. The average molecular weight is 475 g/mol. The molecule has 1 aromatic heterocycles. The maximum absolute atomic E-state index is 14.6. The molecule has 2 saturated carbocycles. The summed E-state index contributed by atoms with van der Waals surface area (Å²) in [6, 6.07) is 4.67. The molecule has 2 aliphatic carbocycles. The van der Waals surface area contributed by atoms with Crippen LogP contribution in [-0.2, 0) is 0 Å². The molecule has 1 amide bonds. The Morgan fingerprint density at radius 3 is 2.44 bits per heavy atom. The highest BCUT2D eigenvalue weighted by atomic mass is 19.3. The Morgan fingerprint density at radius 1 is 1.18 bits per heavy atom. The SMILES string of the molecule is CC(NC(=O)c1cn([C@H]2C[C@H]2C)c(=O)cc1NC1[C@H]2CN(C)C[C@@H]12)c1cccc(C(F)F)c1F. The third kappa shape index (κ3) is 4.10. The second-order valence-corrected chi connectivity index (χ2v) is 10.1. The number of benzene rings is 1. The molecule has 2 unspecified atom stereocenters. The Morgan fingerprint density at radius 2 is 1.82 bits per heavy atom. The highest BCUT2D eigenvalue weighted by molar-refractivity contribution is 5.99. The van der Waals surface area contributed by atoms with Crippen LogP contribution < -0.4 is 16.2 Å². The van der Waals surface area contributed by atoms with Crippen molar-refractivity contribution in [2.75, 3.05) is 25.5 Å². The smallest absolute Gasteiger partial charge is 0.266 e. The number of nitrogens with one attached hydrogen (secondary N) is 2. The molecule has 0 radical (unpaired) electrons. The number of likely N-dealkylation sites (tertiary alicyclic amines) is 1. The van der Waals surface area contributed by atoms with E-state index in [1.165, 1.54) is 18.2 Å². The van der Waals surface area contributed by atoms with Crippen LogP contribution in [0.15, 0.2) is 35.3 Å². The first-order chi connectivity index (χ1) is 16.2. The van der Waals surface area contributed by atoms with Gasteiger partial charge in [-0.3, -0.25) is 9.59 Å². The van der Waals surface area contributed by atoms with Gasteiger partial charge in [0.05, 0.1) is 22.9 Å². The first kappa shape index (κ1) is 23.0. The number of nitrogens with zero attached hydrogens (tertiary/aromatic N) is 2. The molecule has 5 rings (SSSR count). The fourth-order valence-electron chi connectivity index (χ4n) is 5.35. The van der Waals surface area contributed by atoms with E-state index in [0.717, 1.165) is 25.6 Å². The number of hydrogen-bond acceptors (Lipinski definition) is 4. The normalized spacial score (nSPS) is 28.5. The van der Waals surface area contributed by atoms with Crippen molar-refractivity contribution in [2.24, 2.45) is 17.8 Å². The maximum atomic E-state index is 14.6. The van der Waals surface area contributed by atoms with Crippen LogP contribution in [0.4, 0.5) is 18.9 Å². The lowest BCUT2D eigenvalue weighted by Crippen LogP contribution is -2.32. The molecule has 6 nitrogen and oxygen atoms in total. The lowest BCUT2D eigenvalue weighted by Gasteiger charge is -2.20. The van der Waals surface area contributed by atoms with Gasteiger partial charge in [-0.05, 0) is 38.1 Å². The lowest BCUT2D eigenvalue weighted by atomic mass is 10.0. The van der Waals surface area contributed by atoms with Crippen LogP contribution in [0.1, 0.15) is 60.3 Å². The molecule has 0 bridgehead atoms. The minimum absolute atomic E-state index is 0.00967. The quantitative estimate of drug-likeness (QED) is 0.638. The Balaban J connectivity index is 1.41. The molecule has 1 aliphatic heterocycles. The van der Waals surface area contributed by atoms with E-state index in [2.05, 4.69) is 22.6 Å². The van der Waals surface area contributed by atoms with Crippen LogP contribution in [-0.4, -0.2) is 41.6 Å². The van der Waals surface area contributed by atoms with Crippen molar-refractivity contribution in [2.45, 2.75) is 44.8 Å². The fraction of sp³-hybridized carbons (Fsp3) is 0.520. The van der Waals surface area contributed by atoms with Crippen molar-refractivity contribution >= 4 is 11.6 Å². The van der Waals surface area contributed by atoms with Gasteiger partial charge in [0.25, 0.3) is 17.9 Å². The third-order valence-electron chi connectivity index (χ3n) is 7.56. The molecule has 182 valence electrons. The van der Waals surface area contributed by atoms with Crippen molar-refractivity contribution in [3.63, 3.8) is 0 Å². The Kier molecular flexibility index (Phi) is 5.70. The minimum atomic E-state index is -2.94. The Bertz CT molecular complexity index is 1170. The van der Waals surface area contributed by atoms with Gasteiger partial charge < -0.3 is 20.1 Å². The zero-order chi connectivity index (χ0) is 24.3. The number of halogens is 3. The second kappa shape index (κ2) is 8.45. The predicted octanol–water partition coefficient (Wildman–Crippen LogP) is 3.97. The summed E-state index contributed by atoms with van der Waals surface area (Å²) in [5.41, 5.74) is -0.107. The Hall–Kier alpha value is -2.81. The summed E-state index contributed by atoms with van der Waals surface area (Å²) in [6.07, 6.45) is -0.494. The number of rotatable bonds is 7. The number of carbonyl (C=O) groups is 1. The van der Waals surface area contributed by atoms with Crippen molar-refractivity contribution < 1.29 is 18.0 Å². The van der Waals surface area contributed by atoms with Crippen molar-refractivity contribution in [3.05, 3.63) is 63.3 Å². The van der Waals surface area contributed by atoms with E-state index >= 15 is 0 Å². The van der Waals surface area contributed by atoms with Crippen LogP contribution in [0.3, 0.4) is 0 Å². The number of fused-ring (bicyclic) bond motifs is 1. The van der Waals surface area contributed by atoms with Gasteiger partial charge in [-0.1, -0.05) is 25.1 Å². The monoisotopic (exact) mass is 474 g/mol. The van der Waals surface area contributed by atoms with Crippen molar-refractivity contribution in [1.82, 2.24) is 14.8 Å². The van der Waals surface area contributed by atoms with E-state index in [1.807, 2.05) is 6.92 Å². The Labute approximate surface area is 196 Å². The summed E-state index contributed by atoms with van der Waals surface area (Å²) >= 11 is 0. The molecule has 1 aromatic carbocycles.